The van der Waals surface area contributed by atoms with Crippen molar-refractivity contribution in [1.29, 1.82) is 0 Å². The van der Waals surface area contributed by atoms with E-state index in [-0.39, 0.29) is 5.97 Å². The van der Waals surface area contributed by atoms with Gasteiger partial charge in [-0.15, -0.1) is 0 Å². The Kier molecular flexibility index (Phi) is 8.17. The molecule has 4 aromatic carbocycles. The van der Waals surface area contributed by atoms with Gasteiger partial charge < -0.3 is 14.5 Å². The van der Waals surface area contributed by atoms with Gasteiger partial charge in [-0.25, -0.2) is 4.79 Å². The summed E-state index contributed by atoms with van der Waals surface area (Å²) in [7, 11) is 5.98. The molecular weight excluding hydrogens is 508 g/mol. The Hall–Kier alpha value is -3.77. The van der Waals surface area contributed by atoms with E-state index >= 15 is 0 Å². The third kappa shape index (κ3) is 5.20. The van der Waals surface area contributed by atoms with Crippen LogP contribution >= 0.6 is 0 Å². The number of hydrogen-bond acceptors (Lipinski definition) is 4. The average molecular weight is 547 g/mol. The Morgan fingerprint density at radius 2 is 1.07 bits per heavy atom. The van der Waals surface area contributed by atoms with E-state index in [2.05, 4.69) is 129 Å². The van der Waals surface area contributed by atoms with Crippen LogP contribution < -0.4 is 10.4 Å². The van der Waals surface area contributed by atoms with E-state index in [1.165, 1.54) is 43.0 Å². The molecule has 5 rings (SSSR count). The van der Waals surface area contributed by atoms with E-state index in [4.69, 9.17) is 4.74 Å². The lowest BCUT2D eigenvalue weighted by atomic mass is 10.1. The molecular formula is C35H38N2O2Si. The molecule has 40 heavy (non-hydrogen) atoms. The zero-order chi connectivity index (χ0) is 28.3. The highest BCUT2D eigenvalue weighted by Crippen LogP contribution is 2.54. The molecule has 0 amide bonds. The smallest absolute Gasteiger partial charge is 0.338 e. The summed E-state index contributed by atoms with van der Waals surface area (Å²) in [6, 6.07) is 36.9. The maximum Gasteiger partial charge on any atom is 0.338 e. The minimum Gasteiger partial charge on any atom is -0.462 e. The van der Waals surface area contributed by atoms with Crippen LogP contribution in [0.15, 0.2) is 103 Å². The number of carbonyl (C=O) groups is 1. The summed E-state index contributed by atoms with van der Waals surface area (Å²) in [6.07, 6.45) is 0. The number of hydrogen-bond donors (Lipinski definition) is 0. The second kappa shape index (κ2) is 11.8. The normalized spacial score (nSPS) is 14.1. The molecule has 0 aromatic heterocycles. The van der Waals surface area contributed by atoms with Crippen LogP contribution in [0.5, 0.6) is 0 Å². The molecule has 1 heterocycles. The monoisotopic (exact) mass is 546 g/mol. The summed E-state index contributed by atoms with van der Waals surface area (Å²) in [4.78, 5) is 17.0. The zero-order valence-corrected chi connectivity index (χ0v) is 25.1. The van der Waals surface area contributed by atoms with Crippen molar-refractivity contribution in [1.82, 2.24) is 9.80 Å². The summed E-state index contributed by atoms with van der Waals surface area (Å²) in [6.45, 7) is 3.95. The molecule has 0 fully saturated rings. The van der Waals surface area contributed by atoms with Crippen LogP contribution in [0.4, 0.5) is 0 Å². The second-order valence-electron chi connectivity index (χ2n) is 11.0. The van der Waals surface area contributed by atoms with Gasteiger partial charge in [0.15, 0.2) is 8.07 Å². The van der Waals surface area contributed by atoms with Gasteiger partial charge >= 0.3 is 5.97 Å². The highest BCUT2D eigenvalue weighted by molar-refractivity contribution is 7.39. The summed E-state index contributed by atoms with van der Waals surface area (Å²) in [5.41, 5.74) is 5.77. The van der Waals surface area contributed by atoms with Gasteiger partial charge in [-0.1, -0.05) is 91.0 Å². The summed E-state index contributed by atoms with van der Waals surface area (Å²) in [5.74, 6) is -0.279. The largest absolute Gasteiger partial charge is 0.462 e. The molecule has 0 unspecified atom stereocenters. The fourth-order valence-corrected chi connectivity index (χ4v) is 11.8. The van der Waals surface area contributed by atoms with Crippen molar-refractivity contribution in [2.45, 2.75) is 20.0 Å². The van der Waals surface area contributed by atoms with E-state index in [0.29, 0.717) is 12.2 Å². The Morgan fingerprint density at radius 3 is 1.55 bits per heavy atom. The molecule has 0 spiro atoms. The predicted octanol–water partition coefficient (Wildman–Crippen LogP) is 5.25. The average Bonchev–Trinajstić information content (AvgIpc) is 3.64. The van der Waals surface area contributed by atoms with Crippen molar-refractivity contribution in [2.75, 3.05) is 34.8 Å². The minimum atomic E-state index is -2.56. The van der Waals surface area contributed by atoms with E-state index in [0.717, 1.165) is 13.1 Å². The van der Waals surface area contributed by atoms with Gasteiger partial charge in [0.2, 0.25) is 0 Å². The number of benzene rings is 4. The third-order valence-electron chi connectivity index (χ3n) is 7.50. The van der Waals surface area contributed by atoms with E-state index in [1.807, 2.05) is 19.1 Å². The Labute approximate surface area is 239 Å². The number of ether oxygens (including phenoxy) is 1. The highest BCUT2D eigenvalue weighted by Gasteiger charge is 2.60. The summed E-state index contributed by atoms with van der Waals surface area (Å²) in [5, 5.41) is 5.76. The van der Waals surface area contributed by atoms with Crippen molar-refractivity contribution in [3.05, 3.63) is 131 Å². The molecule has 1 aliphatic heterocycles. The maximum absolute atomic E-state index is 12.5. The standard InChI is InChI=1S/C35H38N2O2Si/c1-6-39-35(38)28-22-20-27(21-23-28)34-33(26-14-8-7-9-15-26)40(34,31-18-12-10-16-29(31)24-36(2)3)32-19-13-11-17-30(32)25-37(4)5/h7-23H,6,24-25H2,1-5H3. The molecule has 0 atom stereocenters. The number of esters is 1. The fraction of sp³-hybridized carbons (Fsp3) is 0.229. The molecule has 0 radical (unpaired) electrons. The summed E-state index contributed by atoms with van der Waals surface area (Å²) < 4.78 is 5.27. The molecule has 4 aromatic rings. The van der Waals surface area contributed by atoms with Crippen molar-refractivity contribution in [2.24, 2.45) is 0 Å². The van der Waals surface area contributed by atoms with Gasteiger partial charge in [-0.2, -0.15) is 0 Å². The Balaban J connectivity index is 1.79. The van der Waals surface area contributed by atoms with Gasteiger partial charge in [0.25, 0.3) is 0 Å². The first-order valence-electron chi connectivity index (χ1n) is 13.9. The van der Waals surface area contributed by atoms with Gasteiger partial charge in [-0.05, 0) is 90.3 Å². The van der Waals surface area contributed by atoms with Gasteiger partial charge in [-0.3, -0.25) is 0 Å². The topological polar surface area (TPSA) is 32.8 Å². The predicted molar refractivity (Wildman–Crippen MR) is 168 cm³/mol. The molecule has 0 aliphatic carbocycles. The highest BCUT2D eigenvalue weighted by atomic mass is 28.3. The maximum atomic E-state index is 12.5. The van der Waals surface area contributed by atoms with Crippen LogP contribution in [0.1, 0.15) is 39.5 Å². The Bertz CT molecular complexity index is 1470. The fourth-order valence-electron chi connectivity index (χ4n) is 6.01. The molecule has 4 nitrogen and oxygen atoms in total. The second-order valence-corrected chi connectivity index (χ2v) is 14.5. The van der Waals surface area contributed by atoms with Crippen LogP contribution in [-0.2, 0) is 17.8 Å². The molecule has 0 saturated carbocycles. The SMILES string of the molecule is CCOC(=O)c1ccc(C2=C(c3ccccc3)[Si]2(c2ccccc2CN(C)C)c2ccccc2CN(C)C)cc1. The lowest BCUT2D eigenvalue weighted by molar-refractivity contribution is 0.0526. The van der Waals surface area contributed by atoms with E-state index in [1.54, 1.807) is 0 Å². The molecule has 1 aliphatic rings. The van der Waals surface area contributed by atoms with Crippen LogP contribution in [-0.4, -0.2) is 58.6 Å². The van der Waals surface area contributed by atoms with Crippen molar-refractivity contribution < 1.29 is 9.53 Å². The first-order chi connectivity index (χ1) is 19.4. The summed E-state index contributed by atoms with van der Waals surface area (Å²) >= 11 is 0. The molecule has 0 N–H and O–H groups in total. The quantitative estimate of drug-likeness (QED) is 0.201. The van der Waals surface area contributed by atoms with Crippen LogP contribution in [0, 0.1) is 0 Å². The lowest BCUT2D eigenvalue weighted by Gasteiger charge is -2.27. The minimum absolute atomic E-state index is 0.279. The first kappa shape index (κ1) is 27.8. The lowest BCUT2D eigenvalue weighted by Crippen LogP contribution is -2.53. The van der Waals surface area contributed by atoms with Crippen molar-refractivity contribution in [3.63, 3.8) is 0 Å². The van der Waals surface area contributed by atoms with Crippen molar-refractivity contribution in [3.8, 4) is 0 Å². The molecule has 5 heteroatoms. The van der Waals surface area contributed by atoms with E-state index in [9.17, 15) is 4.79 Å². The number of carbonyl (C=O) groups excluding carboxylic acids is 1. The van der Waals surface area contributed by atoms with E-state index < -0.39 is 8.07 Å². The van der Waals surface area contributed by atoms with Crippen molar-refractivity contribution >= 4 is 34.8 Å². The van der Waals surface area contributed by atoms with Gasteiger partial charge in [0.1, 0.15) is 0 Å². The Morgan fingerprint density at radius 1 is 0.625 bits per heavy atom. The number of rotatable bonds is 10. The van der Waals surface area contributed by atoms with Gasteiger partial charge in [0, 0.05) is 13.1 Å². The van der Waals surface area contributed by atoms with Crippen LogP contribution in [0.25, 0.3) is 10.4 Å². The third-order valence-corrected chi connectivity index (χ3v) is 12.4. The van der Waals surface area contributed by atoms with Gasteiger partial charge in [0.05, 0.1) is 12.2 Å². The number of nitrogens with zero attached hydrogens (tertiary/aromatic N) is 2. The molecule has 204 valence electrons. The van der Waals surface area contributed by atoms with Crippen LogP contribution in [0.2, 0.25) is 0 Å². The molecule has 0 saturated heterocycles. The van der Waals surface area contributed by atoms with Crippen LogP contribution in [0.3, 0.4) is 0 Å². The zero-order valence-electron chi connectivity index (χ0n) is 24.1. The molecule has 0 bridgehead atoms. The first-order valence-corrected chi connectivity index (χ1v) is 15.9.